The van der Waals surface area contributed by atoms with Gasteiger partial charge in [0.25, 0.3) is 0 Å². The van der Waals surface area contributed by atoms with Gasteiger partial charge in [0.2, 0.25) is 0 Å². The van der Waals surface area contributed by atoms with Crippen LogP contribution < -0.4 is 5.73 Å². The fourth-order valence-electron chi connectivity index (χ4n) is 3.62. The van der Waals surface area contributed by atoms with E-state index in [2.05, 4.69) is 31.0 Å². The zero-order valence-corrected chi connectivity index (χ0v) is 15.9. The van der Waals surface area contributed by atoms with Crippen molar-refractivity contribution in [3.63, 3.8) is 0 Å². The maximum absolute atomic E-state index is 9.56. The number of aromatic nitrogens is 4. The molecule has 11 nitrogen and oxygen atoms in total. The number of rotatable bonds is 0. The SMILES string of the molecule is CC1CC(C#N)C(C#N)=Nc2c1c1nc(C#N)c(C#N)nc1c1nc(C#N)c(N)nc21. The monoisotopic (exact) mass is 403 g/mol. The summed E-state index contributed by atoms with van der Waals surface area (Å²) in [4.78, 5) is 21.5. The number of nitrogens with zero attached hydrogens (tertiary/aromatic N) is 10. The van der Waals surface area contributed by atoms with Gasteiger partial charge in [-0.25, -0.2) is 24.9 Å². The second-order valence-electron chi connectivity index (χ2n) is 6.80. The molecule has 2 unspecified atom stereocenters. The first-order valence-corrected chi connectivity index (χ1v) is 8.90. The van der Waals surface area contributed by atoms with E-state index in [1.807, 2.05) is 31.2 Å². The van der Waals surface area contributed by atoms with Crippen LogP contribution in [0, 0.1) is 62.6 Å². The number of hydrogen-bond donors (Lipinski definition) is 1. The Morgan fingerprint density at radius 2 is 1.35 bits per heavy atom. The van der Waals surface area contributed by atoms with Crippen molar-refractivity contribution in [3.8, 4) is 30.3 Å². The maximum Gasteiger partial charge on any atom is 0.183 e. The fourth-order valence-corrected chi connectivity index (χ4v) is 3.62. The summed E-state index contributed by atoms with van der Waals surface area (Å²) < 4.78 is 0. The maximum atomic E-state index is 9.56. The van der Waals surface area contributed by atoms with Gasteiger partial charge in [0.05, 0.1) is 23.2 Å². The summed E-state index contributed by atoms with van der Waals surface area (Å²) in [5.41, 5.74) is 6.76. The molecule has 0 spiro atoms. The predicted octanol–water partition coefficient (Wildman–Crippen LogP) is 2.01. The molecule has 0 radical (unpaired) electrons. The Balaban J connectivity index is 2.32. The fraction of sp³-hybridized carbons (Fsp3) is 0.200. The van der Waals surface area contributed by atoms with Crippen LogP contribution in [0.4, 0.5) is 11.5 Å². The van der Waals surface area contributed by atoms with Gasteiger partial charge in [-0.1, -0.05) is 6.92 Å². The van der Waals surface area contributed by atoms with E-state index >= 15 is 0 Å². The highest BCUT2D eigenvalue weighted by molar-refractivity contribution is 6.12. The van der Waals surface area contributed by atoms with Gasteiger partial charge < -0.3 is 5.73 Å². The molecule has 0 saturated carbocycles. The molecule has 3 aromatic rings. The molecule has 1 aliphatic heterocycles. The zero-order chi connectivity index (χ0) is 22.3. The second-order valence-corrected chi connectivity index (χ2v) is 6.80. The first kappa shape index (κ1) is 19.2. The Hall–Kier alpha value is -5.18. The number of nitrogens with two attached hydrogens (primary N) is 1. The molecule has 0 amide bonds. The largest absolute Gasteiger partial charge is 0.381 e. The molecule has 0 saturated heterocycles. The van der Waals surface area contributed by atoms with Crippen LogP contribution in [0.25, 0.3) is 22.1 Å². The molecule has 2 aromatic heterocycles. The highest BCUT2D eigenvalue weighted by atomic mass is 15.0. The first-order chi connectivity index (χ1) is 15.0. The number of aliphatic imine (C=N–C) groups is 1. The molecule has 4 rings (SSSR count). The third kappa shape index (κ3) is 2.73. The quantitative estimate of drug-likeness (QED) is 0.539. The zero-order valence-electron chi connectivity index (χ0n) is 15.9. The molecule has 0 aliphatic carbocycles. The van der Waals surface area contributed by atoms with Gasteiger partial charge in [-0.3, -0.25) is 0 Å². The Bertz CT molecular complexity index is 1550. The number of benzene rings is 1. The number of nitriles is 5. The summed E-state index contributed by atoms with van der Waals surface area (Å²) in [7, 11) is 0. The van der Waals surface area contributed by atoms with Gasteiger partial charge in [0.15, 0.2) is 22.9 Å². The molecule has 0 bridgehead atoms. The molecule has 144 valence electrons. The standard InChI is InChI=1S/C20H9N11/c1-8-2-9(3-21)10(4-22)27-16-14(8)15-17(29-12(6-24)11(5-23)28-15)19-18(16)31-20(26)13(7-25)30-19/h8-9H,2H2,1H3,(H2,26,31). The Morgan fingerprint density at radius 3 is 1.94 bits per heavy atom. The highest BCUT2D eigenvalue weighted by Gasteiger charge is 2.31. The Labute approximate surface area is 175 Å². The lowest BCUT2D eigenvalue weighted by Crippen LogP contribution is -2.11. The van der Waals surface area contributed by atoms with Gasteiger partial charge in [0, 0.05) is 5.56 Å². The van der Waals surface area contributed by atoms with Gasteiger partial charge in [-0.15, -0.1) is 0 Å². The molecule has 2 N–H and O–H groups in total. The van der Waals surface area contributed by atoms with Crippen LogP contribution in [-0.4, -0.2) is 25.6 Å². The molecule has 1 aromatic carbocycles. The summed E-state index contributed by atoms with van der Waals surface area (Å²) in [6.07, 6.45) is 0.277. The third-order valence-electron chi connectivity index (χ3n) is 5.01. The van der Waals surface area contributed by atoms with E-state index in [4.69, 9.17) is 5.73 Å². The molecule has 0 fully saturated rings. The van der Waals surface area contributed by atoms with E-state index in [0.29, 0.717) is 5.56 Å². The number of hydrogen-bond acceptors (Lipinski definition) is 11. The van der Waals surface area contributed by atoms with Gasteiger partial charge in [-0.05, 0) is 12.3 Å². The highest BCUT2D eigenvalue weighted by Crippen LogP contribution is 2.44. The molecule has 1 aliphatic rings. The van der Waals surface area contributed by atoms with Crippen LogP contribution in [0.3, 0.4) is 0 Å². The lowest BCUT2D eigenvalue weighted by molar-refractivity contribution is 0.649. The molecular formula is C20H9N11. The lowest BCUT2D eigenvalue weighted by Gasteiger charge is -2.17. The van der Waals surface area contributed by atoms with E-state index in [-0.39, 0.29) is 68.7 Å². The summed E-state index contributed by atoms with van der Waals surface area (Å²) >= 11 is 0. The minimum Gasteiger partial charge on any atom is -0.381 e. The average molecular weight is 403 g/mol. The van der Waals surface area contributed by atoms with Crippen LogP contribution in [0.2, 0.25) is 0 Å². The van der Waals surface area contributed by atoms with E-state index < -0.39 is 5.92 Å². The van der Waals surface area contributed by atoms with Crippen molar-refractivity contribution in [2.24, 2.45) is 10.9 Å². The number of nitrogen functional groups attached to an aromatic ring is 1. The smallest absolute Gasteiger partial charge is 0.183 e. The molecule has 2 atom stereocenters. The topological polar surface area (TPSA) is 209 Å². The van der Waals surface area contributed by atoms with Crippen LogP contribution in [0.1, 0.15) is 41.9 Å². The van der Waals surface area contributed by atoms with Crippen LogP contribution in [-0.2, 0) is 0 Å². The summed E-state index contributed by atoms with van der Waals surface area (Å²) in [5.74, 6) is -1.22. The minimum absolute atomic E-state index is 0.000548. The first-order valence-electron chi connectivity index (χ1n) is 8.90. The van der Waals surface area contributed by atoms with Crippen molar-refractivity contribution in [2.75, 3.05) is 5.73 Å². The van der Waals surface area contributed by atoms with Crippen molar-refractivity contribution in [1.82, 2.24) is 19.9 Å². The molecule has 3 heterocycles. The summed E-state index contributed by atoms with van der Waals surface area (Å²) in [6, 6.07) is 9.58. The average Bonchev–Trinajstić information content (AvgIpc) is 2.93. The van der Waals surface area contributed by atoms with E-state index in [0.717, 1.165) is 0 Å². The van der Waals surface area contributed by atoms with Gasteiger partial charge in [0.1, 0.15) is 46.5 Å². The molecule has 11 heteroatoms. The second kappa shape index (κ2) is 7.01. The van der Waals surface area contributed by atoms with Crippen molar-refractivity contribution in [1.29, 1.82) is 26.3 Å². The van der Waals surface area contributed by atoms with E-state index in [1.165, 1.54) is 0 Å². The Morgan fingerprint density at radius 1 is 0.774 bits per heavy atom. The normalized spacial score (nSPS) is 17.2. The van der Waals surface area contributed by atoms with Crippen LogP contribution in [0.15, 0.2) is 4.99 Å². The Kier molecular flexibility index (Phi) is 4.33. The van der Waals surface area contributed by atoms with Crippen molar-refractivity contribution in [3.05, 3.63) is 22.6 Å². The van der Waals surface area contributed by atoms with Crippen LogP contribution in [0.5, 0.6) is 0 Å². The van der Waals surface area contributed by atoms with Crippen molar-refractivity contribution >= 4 is 39.3 Å². The summed E-state index contributed by atoms with van der Waals surface area (Å²) in [6.45, 7) is 1.83. The van der Waals surface area contributed by atoms with Crippen molar-refractivity contribution in [2.45, 2.75) is 19.3 Å². The van der Waals surface area contributed by atoms with Gasteiger partial charge in [-0.2, -0.15) is 26.3 Å². The van der Waals surface area contributed by atoms with E-state index in [9.17, 15) is 26.3 Å². The van der Waals surface area contributed by atoms with Crippen LogP contribution >= 0.6 is 0 Å². The number of fused-ring (bicyclic) bond motifs is 6. The lowest BCUT2D eigenvalue weighted by atomic mass is 9.88. The predicted molar refractivity (Wildman–Crippen MR) is 106 cm³/mol. The van der Waals surface area contributed by atoms with E-state index in [1.54, 1.807) is 0 Å². The van der Waals surface area contributed by atoms with Gasteiger partial charge >= 0.3 is 0 Å². The number of anilines is 1. The molecular weight excluding hydrogens is 394 g/mol. The minimum atomic E-state index is -0.761. The van der Waals surface area contributed by atoms with Crippen molar-refractivity contribution < 1.29 is 0 Å². The molecule has 31 heavy (non-hydrogen) atoms. The summed E-state index contributed by atoms with van der Waals surface area (Å²) in [5, 5.41) is 47.2. The third-order valence-corrected chi connectivity index (χ3v) is 5.01.